The molecule has 2 heterocycles. The number of aromatic nitrogens is 3. The zero-order chi connectivity index (χ0) is 25.9. The number of nitrogens with one attached hydrogen (secondary N) is 2. The molecular formula is C27H18Cl3N5O2. The van der Waals surface area contributed by atoms with E-state index in [0.29, 0.717) is 32.7 Å². The Morgan fingerprint density at radius 3 is 2.14 bits per heavy atom. The summed E-state index contributed by atoms with van der Waals surface area (Å²) in [4.78, 5) is 16.5. The first-order valence-corrected chi connectivity index (χ1v) is 12.1. The number of carbonyl (C=O) groups is 1. The van der Waals surface area contributed by atoms with E-state index in [9.17, 15) is 9.90 Å². The van der Waals surface area contributed by atoms with E-state index < -0.39 is 6.03 Å². The summed E-state index contributed by atoms with van der Waals surface area (Å²) >= 11 is 17.9. The first-order chi connectivity index (χ1) is 17.9. The Morgan fingerprint density at radius 1 is 0.757 bits per heavy atom. The van der Waals surface area contributed by atoms with Crippen LogP contribution >= 0.6 is 34.8 Å². The quantitative estimate of drug-likeness (QED) is 0.207. The maximum Gasteiger partial charge on any atom is 0.323 e. The summed E-state index contributed by atoms with van der Waals surface area (Å²) in [5.74, 6) is -0.0241. The molecule has 0 saturated heterocycles. The number of phenols is 1. The van der Waals surface area contributed by atoms with Crippen LogP contribution in [0.25, 0.3) is 28.1 Å². The van der Waals surface area contributed by atoms with Crippen molar-refractivity contribution in [2.24, 2.45) is 0 Å². The Balaban J connectivity index is 1.40. The second-order valence-electron chi connectivity index (χ2n) is 7.99. The van der Waals surface area contributed by atoms with Crippen molar-refractivity contribution >= 4 is 52.2 Å². The van der Waals surface area contributed by atoms with E-state index in [0.717, 1.165) is 16.8 Å². The molecule has 184 valence electrons. The molecule has 3 N–H and O–H groups in total. The molecule has 37 heavy (non-hydrogen) atoms. The van der Waals surface area contributed by atoms with Gasteiger partial charge in [-0.2, -0.15) is 5.10 Å². The molecule has 0 spiro atoms. The van der Waals surface area contributed by atoms with Crippen LogP contribution in [0.3, 0.4) is 0 Å². The van der Waals surface area contributed by atoms with Crippen molar-refractivity contribution in [1.82, 2.24) is 14.8 Å². The van der Waals surface area contributed by atoms with Gasteiger partial charge in [0.25, 0.3) is 0 Å². The van der Waals surface area contributed by atoms with E-state index in [4.69, 9.17) is 39.9 Å². The highest BCUT2D eigenvalue weighted by Gasteiger charge is 2.16. The predicted octanol–water partition coefficient (Wildman–Crippen LogP) is 7.91. The molecule has 0 radical (unpaired) electrons. The number of rotatable bonds is 5. The molecule has 0 fully saturated rings. The smallest absolute Gasteiger partial charge is 0.323 e. The lowest BCUT2D eigenvalue weighted by Crippen LogP contribution is -2.19. The molecule has 0 atom stereocenters. The molecule has 7 nitrogen and oxygen atoms in total. The van der Waals surface area contributed by atoms with Gasteiger partial charge in [-0.1, -0.05) is 40.9 Å². The Hall–Kier alpha value is -4.04. The first kappa shape index (κ1) is 24.6. The van der Waals surface area contributed by atoms with Crippen LogP contribution in [0.2, 0.25) is 15.1 Å². The standard InChI is InChI=1S/C27H18Cl3N5O2/c28-22-8-4-19(14-24(22)30)33-27(37)32-18-2-5-20(6-3-18)35-15-21(16-9-11-31-12-10-16)26(34-35)17-1-7-23(29)25(36)13-17/h1-15,36H,(H2,32,33,37). The fraction of sp³-hybridized carbons (Fsp3) is 0. The van der Waals surface area contributed by atoms with Crippen molar-refractivity contribution in [2.45, 2.75) is 0 Å². The number of amides is 2. The minimum atomic E-state index is -0.421. The molecule has 5 aromatic rings. The Bertz CT molecular complexity index is 1590. The number of hydrogen-bond donors (Lipinski definition) is 3. The predicted molar refractivity (Wildman–Crippen MR) is 148 cm³/mol. The van der Waals surface area contributed by atoms with Crippen LogP contribution in [-0.2, 0) is 0 Å². The Labute approximate surface area is 227 Å². The molecule has 10 heteroatoms. The van der Waals surface area contributed by atoms with Gasteiger partial charge in [0.1, 0.15) is 11.4 Å². The fourth-order valence-electron chi connectivity index (χ4n) is 3.69. The van der Waals surface area contributed by atoms with Gasteiger partial charge in [-0.25, -0.2) is 9.48 Å². The van der Waals surface area contributed by atoms with Gasteiger partial charge in [0, 0.05) is 41.1 Å². The summed E-state index contributed by atoms with van der Waals surface area (Å²) in [5.41, 5.74) is 5.03. The molecule has 2 amide bonds. The number of phenolic OH excluding ortho intramolecular Hbond substituents is 1. The van der Waals surface area contributed by atoms with E-state index >= 15 is 0 Å². The number of hydrogen-bond acceptors (Lipinski definition) is 4. The molecule has 0 saturated carbocycles. The van der Waals surface area contributed by atoms with Gasteiger partial charge in [-0.15, -0.1) is 0 Å². The third kappa shape index (κ3) is 5.54. The fourth-order valence-corrected chi connectivity index (χ4v) is 4.10. The zero-order valence-electron chi connectivity index (χ0n) is 19.0. The second-order valence-corrected chi connectivity index (χ2v) is 9.21. The largest absolute Gasteiger partial charge is 0.506 e. The Kier molecular flexibility index (Phi) is 7.01. The summed E-state index contributed by atoms with van der Waals surface area (Å²) in [6, 6.07) is 20.4. The highest BCUT2D eigenvalue weighted by Crippen LogP contribution is 2.35. The van der Waals surface area contributed by atoms with Gasteiger partial charge >= 0.3 is 6.03 Å². The number of aromatic hydroxyl groups is 1. The molecular weight excluding hydrogens is 533 g/mol. The van der Waals surface area contributed by atoms with Crippen LogP contribution < -0.4 is 10.6 Å². The minimum Gasteiger partial charge on any atom is -0.506 e. The summed E-state index contributed by atoms with van der Waals surface area (Å²) in [7, 11) is 0. The van der Waals surface area contributed by atoms with Gasteiger partial charge in [0.15, 0.2) is 0 Å². The van der Waals surface area contributed by atoms with E-state index in [1.165, 1.54) is 0 Å². The summed E-state index contributed by atoms with van der Waals surface area (Å²) in [6.07, 6.45) is 5.31. The van der Waals surface area contributed by atoms with Crippen molar-refractivity contribution in [1.29, 1.82) is 0 Å². The maximum atomic E-state index is 12.4. The maximum absolute atomic E-state index is 12.4. The third-order valence-corrected chi connectivity index (χ3v) is 6.55. The number of anilines is 2. The van der Waals surface area contributed by atoms with Gasteiger partial charge in [-0.05, 0) is 72.3 Å². The topological polar surface area (TPSA) is 92.1 Å². The third-order valence-electron chi connectivity index (χ3n) is 5.49. The second kappa shape index (κ2) is 10.5. The lowest BCUT2D eigenvalue weighted by atomic mass is 10.0. The van der Waals surface area contributed by atoms with Crippen LogP contribution in [0.1, 0.15) is 0 Å². The van der Waals surface area contributed by atoms with Crippen molar-refractivity contribution in [2.75, 3.05) is 10.6 Å². The van der Waals surface area contributed by atoms with Gasteiger partial charge in [0.2, 0.25) is 0 Å². The van der Waals surface area contributed by atoms with Crippen molar-refractivity contribution in [3.8, 4) is 33.8 Å². The van der Waals surface area contributed by atoms with Crippen LogP contribution in [0.5, 0.6) is 5.75 Å². The van der Waals surface area contributed by atoms with Crippen molar-refractivity contribution in [3.63, 3.8) is 0 Å². The van der Waals surface area contributed by atoms with E-state index in [1.54, 1.807) is 65.6 Å². The number of carbonyl (C=O) groups excluding carboxylic acids is 1. The summed E-state index contributed by atoms with van der Waals surface area (Å²) in [6.45, 7) is 0. The van der Waals surface area contributed by atoms with Crippen LogP contribution in [0, 0.1) is 0 Å². The molecule has 0 bridgehead atoms. The van der Waals surface area contributed by atoms with Crippen molar-refractivity contribution in [3.05, 3.63) is 106 Å². The number of halogens is 3. The SMILES string of the molecule is O=C(Nc1ccc(-n2cc(-c3ccncc3)c(-c3ccc(Cl)c(O)c3)n2)cc1)Nc1ccc(Cl)c(Cl)c1. The Morgan fingerprint density at radius 2 is 1.43 bits per heavy atom. The van der Waals surface area contributed by atoms with Gasteiger partial charge in [0.05, 0.1) is 20.8 Å². The number of urea groups is 1. The van der Waals surface area contributed by atoms with Gasteiger partial charge < -0.3 is 15.7 Å². The van der Waals surface area contributed by atoms with Crippen LogP contribution in [-0.4, -0.2) is 25.9 Å². The monoisotopic (exact) mass is 549 g/mol. The first-order valence-electron chi connectivity index (χ1n) is 11.0. The van der Waals surface area contributed by atoms with Crippen LogP contribution in [0.15, 0.2) is 91.4 Å². The lowest BCUT2D eigenvalue weighted by Gasteiger charge is -2.09. The normalized spacial score (nSPS) is 10.8. The molecule has 0 aliphatic carbocycles. The molecule has 0 unspecified atom stereocenters. The van der Waals surface area contributed by atoms with E-state index in [1.807, 2.05) is 30.5 Å². The van der Waals surface area contributed by atoms with Crippen LogP contribution in [0.4, 0.5) is 16.2 Å². The molecule has 0 aliphatic heterocycles. The van der Waals surface area contributed by atoms with Crippen molar-refractivity contribution < 1.29 is 9.90 Å². The summed E-state index contributed by atoms with van der Waals surface area (Å²) in [5, 5.41) is 21.4. The molecule has 5 rings (SSSR count). The highest BCUT2D eigenvalue weighted by molar-refractivity contribution is 6.42. The average Bonchev–Trinajstić information content (AvgIpc) is 3.34. The minimum absolute atomic E-state index is 0.0241. The zero-order valence-corrected chi connectivity index (χ0v) is 21.3. The molecule has 0 aliphatic rings. The number of benzene rings is 3. The number of nitrogens with zero attached hydrogens (tertiary/aromatic N) is 3. The average molecular weight is 551 g/mol. The summed E-state index contributed by atoms with van der Waals surface area (Å²) < 4.78 is 1.73. The highest BCUT2D eigenvalue weighted by atomic mass is 35.5. The van der Waals surface area contributed by atoms with E-state index in [-0.39, 0.29) is 10.8 Å². The van der Waals surface area contributed by atoms with Gasteiger partial charge in [-0.3, -0.25) is 4.98 Å². The number of pyridine rings is 1. The van der Waals surface area contributed by atoms with E-state index in [2.05, 4.69) is 15.6 Å². The molecule has 2 aromatic heterocycles. The molecule has 3 aromatic carbocycles. The lowest BCUT2D eigenvalue weighted by molar-refractivity contribution is 0.262.